The molecular weight excluding hydrogens is 436 g/mol. The van der Waals surface area contributed by atoms with E-state index in [1.54, 1.807) is 28.7 Å². The highest BCUT2D eigenvalue weighted by molar-refractivity contribution is 5.78. The molecule has 4 heterocycles. The maximum Gasteiger partial charge on any atom is 0.165 e. The van der Waals surface area contributed by atoms with E-state index in [4.69, 9.17) is 10.7 Å². The van der Waals surface area contributed by atoms with Crippen molar-refractivity contribution in [3.63, 3.8) is 0 Å². The second kappa shape index (κ2) is 8.32. The zero-order chi connectivity index (χ0) is 24.1. The van der Waals surface area contributed by atoms with E-state index in [1.165, 1.54) is 12.1 Å². The second-order valence-corrected chi connectivity index (χ2v) is 9.03. The first-order valence-corrected chi connectivity index (χ1v) is 11.3. The Morgan fingerprint density at radius 3 is 2.29 bits per heavy atom. The number of aryl methyl sites for hydroxylation is 1. The van der Waals surface area contributed by atoms with Crippen molar-refractivity contribution >= 4 is 22.7 Å². The van der Waals surface area contributed by atoms with Crippen LogP contribution in [0.15, 0.2) is 42.6 Å². The van der Waals surface area contributed by atoms with Crippen LogP contribution >= 0.6 is 0 Å². The van der Waals surface area contributed by atoms with Gasteiger partial charge in [-0.2, -0.15) is 0 Å². The van der Waals surface area contributed by atoms with Gasteiger partial charge in [0.25, 0.3) is 0 Å². The molecule has 1 aliphatic rings. The summed E-state index contributed by atoms with van der Waals surface area (Å²) in [5.41, 5.74) is 8.79. The van der Waals surface area contributed by atoms with Crippen LogP contribution in [0.25, 0.3) is 28.1 Å². The minimum absolute atomic E-state index is 0.0125. The fraction of sp³-hybridized carbons (Fsp3) is 0.320. The summed E-state index contributed by atoms with van der Waals surface area (Å²) >= 11 is 0. The highest BCUT2D eigenvalue weighted by atomic mass is 19.1. The van der Waals surface area contributed by atoms with Gasteiger partial charge in [0.05, 0.1) is 11.4 Å². The lowest BCUT2D eigenvalue weighted by Gasteiger charge is -2.43. The van der Waals surface area contributed by atoms with Crippen molar-refractivity contribution in [1.29, 1.82) is 0 Å². The standard InChI is InChI=1S/C25H27F2N7/c1-14-12-33(13-15(2)32(14)4)24-19(26)10-18(11-20(24)27)34-16(3)30-22-6-5-21(31-25(22)34)17-7-8-29-23(28)9-17/h5-11,14-15H,12-13H2,1-4H3,(H2,28,29)/t14-,15+. The second-order valence-electron chi connectivity index (χ2n) is 9.03. The van der Waals surface area contributed by atoms with Crippen LogP contribution in [0.1, 0.15) is 19.7 Å². The van der Waals surface area contributed by atoms with Gasteiger partial charge in [0.2, 0.25) is 0 Å². The molecule has 1 fully saturated rings. The average molecular weight is 464 g/mol. The van der Waals surface area contributed by atoms with Crippen LogP contribution < -0.4 is 10.6 Å². The Morgan fingerprint density at radius 2 is 1.65 bits per heavy atom. The molecule has 3 aromatic heterocycles. The van der Waals surface area contributed by atoms with Gasteiger partial charge in [-0.05, 0) is 52.1 Å². The van der Waals surface area contributed by atoms with Crippen LogP contribution in [-0.2, 0) is 0 Å². The van der Waals surface area contributed by atoms with E-state index >= 15 is 8.78 Å². The van der Waals surface area contributed by atoms with E-state index in [-0.39, 0.29) is 17.8 Å². The number of fused-ring (bicyclic) bond motifs is 1. The number of nitrogens with two attached hydrogens (primary N) is 1. The summed E-state index contributed by atoms with van der Waals surface area (Å²) in [5.74, 6) is -0.227. The molecule has 34 heavy (non-hydrogen) atoms. The van der Waals surface area contributed by atoms with Crippen molar-refractivity contribution in [2.45, 2.75) is 32.9 Å². The van der Waals surface area contributed by atoms with E-state index in [1.807, 2.05) is 25.2 Å². The summed E-state index contributed by atoms with van der Waals surface area (Å²) in [6.07, 6.45) is 1.61. The number of halogens is 2. The van der Waals surface area contributed by atoms with Gasteiger partial charge in [-0.25, -0.2) is 23.7 Å². The largest absolute Gasteiger partial charge is 0.384 e. The lowest BCUT2D eigenvalue weighted by molar-refractivity contribution is 0.169. The molecule has 0 saturated carbocycles. The molecule has 4 aromatic rings. The van der Waals surface area contributed by atoms with Crippen LogP contribution in [0.4, 0.5) is 20.3 Å². The summed E-state index contributed by atoms with van der Waals surface area (Å²) in [7, 11) is 2.04. The minimum atomic E-state index is -0.599. The van der Waals surface area contributed by atoms with Gasteiger partial charge in [-0.3, -0.25) is 9.47 Å². The Bertz CT molecular complexity index is 1350. The van der Waals surface area contributed by atoms with E-state index in [2.05, 4.69) is 28.7 Å². The summed E-state index contributed by atoms with van der Waals surface area (Å²) in [6.45, 7) is 7.03. The predicted octanol–water partition coefficient (Wildman–Crippen LogP) is 4.18. The Morgan fingerprint density at radius 1 is 0.971 bits per heavy atom. The lowest BCUT2D eigenvalue weighted by Crippen LogP contribution is -2.55. The first kappa shape index (κ1) is 22.2. The van der Waals surface area contributed by atoms with Crippen molar-refractivity contribution in [3.05, 3.63) is 60.1 Å². The molecule has 1 saturated heterocycles. The number of imidazole rings is 1. The van der Waals surface area contributed by atoms with E-state index in [9.17, 15) is 0 Å². The number of hydrogen-bond acceptors (Lipinski definition) is 6. The van der Waals surface area contributed by atoms with Gasteiger partial charge in [0.15, 0.2) is 17.3 Å². The Kier molecular flexibility index (Phi) is 5.44. The Balaban J connectivity index is 1.59. The number of nitrogens with zero attached hydrogens (tertiary/aromatic N) is 6. The van der Waals surface area contributed by atoms with Crippen LogP contribution in [0.2, 0.25) is 0 Å². The summed E-state index contributed by atoms with van der Waals surface area (Å²) in [5, 5.41) is 0. The highest BCUT2D eigenvalue weighted by Crippen LogP contribution is 2.31. The maximum atomic E-state index is 15.4. The van der Waals surface area contributed by atoms with Crippen molar-refractivity contribution in [3.8, 4) is 16.9 Å². The molecule has 0 bridgehead atoms. The van der Waals surface area contributed by atoms with Gasteiger partial charge < -0.3 is 10.6 Å². The molecule has 176 valence electrons. The summed E-state index contributed by atoms with van der Waals surface area (Å²) < 4.78 is 32.5. The topological polar surface area (TPSA) is 76.1 Å². The molecular formula is C25H27F2N7. The Labute approximate surface area is 196 Å². The smallest absolute Gasteiger partial charge is 0.165 e. The monoisotopic (exact) mass is 463 g/mol. The molecule has 0 radical (unpaired) electrons. The minimum Gasteiger partial charge on any atom is -0.384 e. The molecule has 2 atom stereocenters. The van der Waals surface area contributed by atoms with Crippen molar-refractivity contribution in [2.24, 2.45) is 0 Å². The molecule has 0 spiro atoms. The highest BCUT2D eigenvalue weighted by Gasteiger charge is 2.30. The number of likely N-dealkylation sites (N-methyl/N-ethyl adjacent to an activating group) is 1. The fourth-order valence-corrected chi connectivity index (χ4v) is 4.72. The number of rotatable bonds is 3. The maximum absolute atomic E-state index is 15.4. The SMILES string of the molecule is Cc1nc2ccc(-c3ccnc(N)c3)nc2n1-c1cc(F)c(N2C[C@@H](C)N(C)[C@@H](C)C2)c(F)c1. The van der Waals surface area contributed by atoms with Crippen molar-refractivity contribution in [2.75, 3.05) is 30.8 Å². The first-order chi connectivity index (χ1) is 16.2. The van der Waals surface area contributed by atoms with Crippen molar-refractivity contribution in [1.82, 2.24) is 24.4 Å². The fourth-order valence-electron chi connectivity index (χ4n) is 4.72. The zero-order valence-corrected chi connectivity index (χ0v) is 19.6. The van der Waals surface area contributed by atoms with Crippen LogP contribution in [0.3, 0.4) is 0 Å². The molecule has 0 amide bonds. The molecule has 1 aliphatic heterocycles. The van der Waals surface area contributed by atoms with E-state index in [0.29, 0.717) is 47.3 Å². The van der Waals surface area contributed by atoms with Gasteiger partial charge in [-0.15, -0.1) is 0 Å². The number of pyridine rings is 2. The van der Waals surface area contributed by atoms with Gasteiger partial charge in [0, 0.05) is 49.1 Å². The predicted molar refractivity (Wildman–Crippen MR) is 130 cm³/mol. The van der Waals surface area contributed by atoms with E-state index < -0.39 is 11.6 Å². The summed E-state index contributed by atoms with van der Waals surface area (Å²) in [6, 6.07) is 10.3. The first-order valence-electron chi connectivity index (χ1n) is 11.3. The number of nitrogen functional groups attached to an aromatic ring is 1. The number of hydrogen-bond donors (Lipinski definition) is 1. The summed E-state index contributed by atoms with van der Waals surface area (Å²) in [4.78, 5) is 17.3. The molecule has 0 unspecified atom stereocenters. The number of benzene rings is 1. The molecule has 0 aliphatic carbocycles. The Hall–Kier alpha value is -3.59. The van der Waals surface area contributed by atoms with Crippen LogP contribution in [0, 0.1) is 18.6 Å². The van der Waals surface area contributed by atoms with Crippen LogP contribution in [0.5, 0.6) is 0 Å². The molecule has 9 heteroatoms. The van der Waals surface area contributed by atoms with Crippen LogP contribution in [-0.4, -0.2) is 56.6 Å². The number of piperazine rings is 1. The zero-order valence-electron chi connectivity index (χ0n) is 19.6. The molecule has 2 N–H and O–H groups in total. The number of aromatic nitrogens is 4. The van der Waals surface area contributed by atoms with Gasteiger partial charge in [0.1, 0.15) is 22.8 Å². The van der Waals surface area contributed by atoms with Gasteiger partial charge >= 0.3 is 0 Å². The lowest BCUT2D eigenvalue weighted by atomic mass is 10.1. The number of anilines is 2. The third kappa shape index (κ3) is 3.75. The quantitative estimate of drug-likeness (QED) is 0.491. The normalized spacial score (nSPS) is 19.2. The van der Waals surface area contributed by atoms with Gasteiger partial charge in [-0.1, -0.05) is 0 Å². The molecule has 7 nitrogen and oxygen atoms in total. The third-order valence-electron chi connectivity index (χ3n) is 6.68. The third-order valence-corrected chi connectivity index (χ3v) is 6.68. The average Bonchev–Trinajstić information content (AvgIpc) is 3.11. The van der Waals surface area contributed by atoms with E-state index in [0.717, 1.165) is 5.56 Å². The molecule has 1 aromatic carbocycles. The molecule has 5 rings (SSSR count). The van der Waals surface area contributed by atoms with Crippen molar-refractivity contribution < 1.29 is 8.78 Å².